The van der Waals surface area contributed by atoms with Gasteiger partial charge in [-0.05, 0) is 6.07 Å². The minimum Gasteiger partial charge on any atom is -0.478 e. The van der Waals surface area contributed by atoms with E-state index in [0.29, 0.717) is 0 Å². The number of nitro benzene ring substituents is 1. The SMILES string of the molecule is Nc1cc(C(=O)c2ccccc2)c([N+](=O)[O-])cc1C(=O)O. The van der Waals surface area contributed by atoms with Crippen molar-refractivity contribution in [1.29, 1.82) is 0 Å². The first-order valence-corrected chi connectivity index (χ1v) is 5.82. The Bertz CT molecular complexity index is 741. The zero-order chi connectivity index (χ0) is 15.6. The van der Waals surface area contributed by atoms with Crippen LogP contribution in [0.25, 0.3) is 0 Å². The number of benzene rings is 2. The second-order valence-electron chi connectivity index (χ2n) is 4.21. The molecule has 0 radical (unpaired) electrons. The number of carboxylic acid groups (broad SMARTS) is 1. The number of nitro groups is 1. The Kier molecular flexibility index (Phi) is 3.66. The molecule has 0 unspecified atom stereocenters. The van der Waals surface area contributed by atoms with Gasteiger partial charge in [0.25, 0.3) is 5.69 Å². The molecular formula is C14H10N2O5. The van der Waals surface area contributed by atoms with Crippen LogP contribution in [0, 0.1) is 10.1 Å². The highest BCUT2D eigenvalue weighted by atomic mass is 16.6. The number of carbonyl (C=O) groups excluding carboxylic acids is 1. The monoisotopic (exact) mass is 286 g/mol. The molecule has 2 rings (SSSR count). The maximum atomic E-state index is 12.3. The van der Waals surface area contributed by atoms with Gasteiger partial charge in [-0.2, -0.15) is 0 Å². The summed E-state index contributed by atoms with van der Waals surface area (Å²) in [6, 6.07) is 9.78. The van der Waals surface area contributed by atoms with Crippen LogP contribution < -0.4 is 5.73 Å². The van der Waals surface area contributed by atoms with Crippen LogP contribution in [-0.4, -0.2) is 21.8 Å². The van der Waals surface area contributed by atoms with Gasteiger partial charge in [0.15, 0.2) is 5.78 Å². The molecule has 0 amide bonds. The molecule has 3 N–H and O–H groups in total. The van der Waals surface area contributed by atoms with E-state index in [1.807, 2.05) is 0 Å². The average Bonchev–Trinajstić information content (AvgIpc) is 2.46. The highest BCUT2D eigenvalue weighted by molar-refractivity contribution is 6.13. The molecular weight excluding hydrogens is 276 g/mol. The van der Waals surface area contributed by atoms with E-state index in [-0.39, 0.29) is 16.8 Å². The maximum absolute atomic E-state index is 12.3. The fourth-order valence-corrected chi connectivity index (χ4v) is 1.87. The highest BCUT2D eigenvalue weighted by Crippen LogP contribution is 2.27. The Morgan fingerprint density at radius 2 is 1.71 bits per heavy atom. The first kappa shape index (κ1) is 14.2. The summed E-state index contributed by atoms with van der Waals surface area (Å²) in [6.07, 6.45) is 0. The van der Waals surface area contributed by atoms with E-state index in [1.54, 1.807) is 18.2 Å². The van der Waals surface area contributed by atoms with Crippen LogP contribution in [0.2, 0.25) is 0 Å². The molecule has 0 aliphatic carbocycles. The molecule has 7 nitrogen and oxygen atoms in total. The summed E-state index contributed by atoms with van der Waals surface area (Å²) in [5.41, 5.74) is 4.36. The third-order valence-electron chi connectivity index (χ3n) is 2.88. The third-order valence-corrected chi connectivity index (χ3v) is 2.88. The molecule has 0 aromatic heterocycles. The Hall–Kier alpha value is -3.22. The number of rotatable bonds is 4. The predicted octanol–water partition coefficient (Wildman–Crippen LogP) is 2.11. The van der Waals surface area contributed by atoms with Crippen molar-refractivity contribution in [2.45, 2.75) is 0 Å². The Balaban J connectivity index is 2.63. The van der Waals surface area contributed by atoms with Gasteiger partial charge in [-0.3, -0.25) is 14.9 Å². The highest BCUT2D eigenvalue weighted by Gasteiger charge is 2.25. The molecule has 7 heteroatoms. The molecule has 0 aliphatic heterocycles. The summed E-state index contributed by atoms with van der Waals surface area (Å²) >= 11 is 0. The lowest BCUT2D eigenvalue weighted by molar-refractivity contribution is -0.385. The van der Waals surface area contributed by atoms with Crippen LogP contribution in [0.1, 0.15) is 26.3 Å². The lowest BCUT2D eigenvalue weighted by Crippen LogP contribution is -2.10. The first-order chi connectivity index (χ1) is 9.91. The molecule has 0 heterocycles. The van der Waals surface area contributed by atoms with Crippen LogP contribution >= 0.6 is 0 Å². The zero-order valence-corrected chi connectivity index (χ0v) is 10.6. The summed E-state index contributed by atoms with van der Waals surface area (Å²) in [5.74, 6) is -1.99. The van der Waals surface area contributed by atoms with Crippen molar-refractivity contribution in [3.8, 4) is 0 Å². The number of nitrogen functional groups attached to an aromatic ring is 1. The van der Waals surface area contributed by atoms with Crippen LogP contribution in [0.5, 0.6) is 0 Å². The number of hydrogen-bond donors (Lipinski definition) is 2. The number of carbonyl (C=O) groups is 2. The Morgan fingerprint density at radius 3 is 2.24 bits per heavy atom. The van der Waals surface area contributed by atoms with Crippen LogP contribution in [0.3, 0.4) is 0 Å². The minimum atomic E-state index is -1.39. The van der Waals surface area contributed by atoms with E-state index < -0.39 is 27.9 Å². The van der Waals surface area contributed by atoms with Crippen LogP contribution in [0.15, 0.2) is 42.5 Å². The second kappa shape index (κ2) is 5.41. The van der Waals surface area contributed by atoms with E-state index in [4.69, 9.17) is 10.8 Å². The maximum Gasteiger partial charge on any atom is 0.338 e. The Morgan fingerprint density at radius 1 is 1.10 bits per heavy atom. The molecule has 2 aromatic carbocycles. The average molecular weight is 286 g/mol. The van der Waals surface area contributed by atoms with Crippen molar-refractivity contribution >= 4 is 23.1 Å². The van der Waals surface area contributed by atoms with Gasteiger partial charge in [0.2, 0.25) is 0 Å². The van der Waals surface area contributed by atoms with Gasteiger partial charge in [-0.1, -0.05) is 30.3 Å². The van der Waals surface area contributed by atoms with E-state index in [1.165, 1.54) is 12.1 Å². The lowest BCUT2D eigenvalue weighted by atomic mass is 9.99. The van der Waals surface area contributed by atoms with Gasteiger partial charge in [-0.15, -0.1) is 0 Å². The normalized spacial score (nSPS) is 10.1. The molecule has 21 heavy (non-hydrogen) atoms. The quantitative estimate of drug-likeness (QED) is 0.384. The van der Waals surface area contributed by atoms with Crippen molar-refractivity contribution in [2.75, 3.05) is 5.73 Å². The number of hydrogen-bond acceptors (Lipinski definition) is 5. The topological polar surface area (TPSA) is 124 Å². The van der Waals surface area contributed by atoms with Crippen LogP contribution in [-0.2, 0) is 0 Å². The molecule has 0 atom stereocenters. The van der Waals surface area contributed by atoms with Crippen molar-refractivity contribution in [1.82, 2.24) is 0 Å². The minimum absolute atomic E-state index is 0.201. The summed E-state index contributed by atoms with van der Waals surface area (Å²) in [5, 5.41) is 20.0. The lowest BCUT2D eigenvalue weighted by Gasteiger charge is -2.06. The summed E-state index contributed by atoms with van der Waals surface area (Å²) in [6.45, 7) is 0. The van der Waals surface area contributed by atoms with Gasteiger partial charge in [-0.25, -0.2) is 4.79 Å². The number of nitrogens with two attached hydrogens (primary N) is 1. The van der Waals surface area contributed by atoms with E-state index in [0.717, 1.165) is 12.1 Å². The number of aromatic carboxylic acids is 1. The van der Waals surface area contributed by atoms with E-state index in [2.05, 4.69) is 0 Å². The largest absolute Gasteiger partial charge is 0.478 e. The van der Waals surface area contributed by atoms with Crippen molar-refractivity contribution in [3.63, 3.8) is 0 Å². The first-order valence-electron chi connectivity index (χ1n) is 5.82. The van der Waals surface area contributed by atoms with E-state index >= 15 is 0 Å². The smallest absolute Gasteiger partial charge is 0.338 e. The van der Waals surface area contributed by atoms with Gasteiger partial charge >= 0.3 is 5.97 Å². The van der Waals surface area contributed by atoms with Crippen molar-refractivity contribution in [2.24, 2.45) is 0 Å². The molecule has 0 spiro atoms. The number of anilines is 1. The molecule has 106 valence electrons. The zero-order valence-electron chi connectivity index (χ0n) is 10.6. The van der Waals surface area contributed by atoms with Crippen molar-refractivity contribution in [3.05, 3.63) is 69.3 Å². The van der Waals surface area contributed by atoms with Crippen molar-refractivity contribution < 1.29 is 19.6 Å². The van der Waals surface area contributed by atoms with Gasteiger partial charge in [0.05, 0.1) is 10.5 Å². The molecule has 0 saturated heterocycles. The standard InChI is InChI=1S/C14H10N2O5/c15-11-6-10(13(17)8-4-2-1-3-5-8)12(16(20)21)7-9(11)14(18)19/h1-7H,15H2,(H,18,19). The summed E-state index contributed by atoms with van der Waals surface area (Å²) in [7, 11) is 0. The molecule has 0 saturated carbocycles. The number of nitrogens with zero attached hydrogens (tertiary/aromatic N) is 1. The molecule has 0 aliphatic rings. The van der Waals surface area contributed by atoms with Gasteiger partial charge in [0, 0.05) is 17.3 Å². The number of ketones is 1. The van der Waals surface area contributed by atoms with Gasteiger partial charge < -0.3 is 10.8 Å². The molecule has 0 fully saturated rings. The van der Waals surface area contributed by atoms with Gasteiger partial charge in [0.1, 0.15) is 5.56 Å². The third kappa shape index (κ3) is 2.71. The predicted molar refractivity (Wildman–Crippen MR) is 74.3 cm³/mol. The Labute approximate surface area is 118 Å². The van der Waals surface area contributed by atoms with E-state index in [9.17, 15) is 19.7 Å². The second-order valence-corrected chi connectivity index (χ2v) is 4.21. The number of carboxylic acids is 1. The molecule has 2 aromatic rings. The molecule has 0 bridgehead atoms. The summed E-state index contributed by atoms with van der Waals surface area (Å²) in [4.78, 5) is 33.5. The summed E-state index contributed by atoms with van der Waals surface area (Å²) < 4.78 is 0. The fraction of sp³-hybridized carbons (Fsp3) is 0. The van der Waals surface area contributed by atoms with Crippen LogP contribution in [0.4, 0.5) is 11.4 Å². The fourth-order valence-electron chi connectivity index (χ4n) is 1.87.